The van der Waals surface area contributed by atoms with E-state index in [0.29, 0.717) is 10.9 Å². The summed E-state index contributed by atoms with van der Waals surface area (Å²) in [6.07, 6.45) is -0.143. The van der Waals surface area contributed by atoms with Gasteiger partial charge in [-0.2, -0.15) is 0 Å². The van der Waals surface area contributed by atoms with Crippen LogP contribution in [0.25, 0.3) is 0 Å². The molecule has 1 atom stereocenters. The van der Waals surface area contributed by atoms with E-state index in [1.807, 2.05) is 0 Å². The fourth-order valence-electron chi connectivity index (χ4n) is 1.09. The number of aliphatic hydroxyl groups excluding tert-OH is 1. The molecule has 1 rings (SSSR count). The number of nitrogens with one attached hydrogen (secondary N) is 1. The zero-order chi connectivity index (χ0) is 12.2. The Morgan fingerprint density at radius 3 is 2.62 bits per heavy atom. The van der Waals surface area contributed by atoms with Gasteiger partial charge in [0.05, 0.1) is 11.0 Å². The maximum Gasteiger partial charge on any atom is 0.241 e. The number of halogens is 1. The molecule has 16 heavy (non-hydrogen) atoms. The van der Waals surface area contributed by atoms with Crippen LogP contribution in [0, 0.1) is 0 Å². The Kier molecular flexibility index (Phi) is 4.91. The maximum absolute atomic E-state index is 11.8. The van der Waals surface area contributed by atoms with Crippen molar-refractivity contribution in [2.75, 3.05) is 6.54 Å². The van der Waals surface area contributed by atoms with Crippen LogP contribution in [-0.2, 0) is 10.0 Å². The SMILES string of the molecule is CCC(O)CNS(=O)(=O)c1ccccc1Br. The monoisotopic (exact) mass is 307 g/mol. The summed E-state index contributed by atoms with van der Waals surface area (Å²) in [4.78, 5) is 0.179. The van der Waals surface area contributed by atoms with E-state index in [1.165, 1.54) is 6.07 Å². The molecule has 0 aliphatic carbocycles. The van der Waals surface area contributed by atoms with Crippen molar-refractivity contribution in [3.8, 4) is 0 Å². The van der Waals surface area contributed by atoms with E-state index in [-0.39, 0.29) is 11.4 Å². The van der Waals surface area contributed by atoms with E-state index in [1.54, 1.807) is 25.1 Å². The van der Waals surface area contributed by atoms with E-state index in [2.05, 4.69) is 20.7 Å². The molecule has 0 saturated heterocycles. The molecule has 6 heteroatoms. The largest absolute Gasteiger partial charge is 0.392 e. The molecule has 0 amide bonds. The van der Waals surface area contributed by atoms with Crippen molar-refractivity contribution in [3.63, 3.8) is 0 Å². The number of sulfonamides is 1. The molecule has 0 spiro atoms. The van der Waals surface area contributed by atoms with Gasteiger partial charge in [-0.15, -0.1) is 0 Å². The molecule has 0 radical (unpaired) electrons. The third-order valence-electron chi connectivity index (χ3n) is 2.11. The van der Waals surface area contributed by atoms with Crippen LogP contribution < -0.4 is 4.72 Å². The summed E-state index contributed by atoms with van der Waals surface area (Å²) < 4.78 is 26.5. The quantitative estimate of drug-likeness (QED) is 0.866. The summed E-state index contributed by atoms with van der Waals surface area (Å²) in [5.41, 5.74) is 0. The Labute approximate surface area is 104 Å². The predicted molar refractivity (Wildman–Crippen MR) is 65.6 cm³/mol. The lowest BCUT2D eigenvalue weighted by Crippen LogP contribution is -2.31. The van der Waals surface area contributed by atoms with Gasteiger partial charge in [-0.3, -0.25) is 0 Å². The molecule has 1 unspecified atom stereocenters. The lowest BCUT2D eigenvalue weighted by molar-refractivity contribution is 0.174. The van der Waals surface area contributed by atoms with Crippen molar-refractivity contribution in [3.05, 3.63) is 28.7 Å². The molecule has 4 nitrogen and oxygen atoms in total. The minimum absolute atomic E-state index is 0.0279. The Morgan fingerprint density at radius 2 is 2.06 bits per heavy atom. The van der Waals surface area contributed by atoms with Gasteiger partial charge in [0.2, 0.25) is 10.0 Å². The van der Waals surface area contributed by atoms with Crippen LogP contribution in [0.4, 0.5) is 0 Å². The second-order valence-corrected chi connectivity index (χ2v) is 5.93. The Morgan fingerprint density at radius 1 is 1.44 bits per heavy atom. The molecule has 0 aliphatic rings. The standard InChI is InChI=1S/C10H14BrNO3S/c1-2-8(13)7-12-16(14,15)10-6-4-3-5-9(10)11/h3-6,8,12-13H,2,7H2,1H3. The summed E-state index contributed by atoms with van der Waals surface area (Å²) in [6.45, 7) is 1.82. The zero-order valence-electron chi connectivity index (χ0n) is 8.85. The Balaban J connectivity index is 2.83. The van der Waals surface area contributed by atoms with Crippen LogP contribution in [0.2, 0.25) is 0 Å². The minimum atomic E-state index is -3.55. The van der Waals surface area contributed by atoms with E-state index in [9.17, 15) is 13.5 Å². The van der Waals surface area contributed by atoms with Crippen LogP contribution in [-0.4, -0.2) is 26.2 Å². The predicted octanol–water partition coefficient (Wildman–Crippen LogP) is 1.50. The zero-order valence-corrected chi connectivity index (χ0v) is 11.3. The third kappa shape index (κ3) is 3.55. The highest BCUT2D eigenvalue weighted by Gasteiger charge is 2.17. The number of rotatable bonds is 5. The first-order valence-electron chi connectivity index (χ1n) is 4.89. The van der Waals surface area contributed by atoms with Crippen molar-refractivity contribution in [2.45, 2.75) is 24.3 Å². The molecule has 2 N–H and O–H groups in total. The van der Waals surface area contributed by atoms with Crippen LogP contribution in [0.3, 0.4) is 0 Å². The molecule has 0 aliphatic heterocycles. The molecule has 0 heterocycles. The fraction of sp³-hybridized carbons (Fsp3) is 0.400. The van der Waals surface area contributed by atoms with Gasteiger partial charge in [0.15, 0.2) is 0 Å². The highest BCUT2D eigenvalue weighted by molar-refractivity contribution is 9.10. The highest BCUT2D eigenvalue weighted by atomic mass is 79.9. The molecule has 0 aromatic heterocycles. The van der Waals surface area contributed by atoms with Crippen LogP contribution in [0.15, 0.2) is 33.6 Å². The average Bonchev–Trinajstić information content (AvgIpc) is 2.26. The number of benzene rings is 1. The van der Waals surface area contributed by atoms with Gasteiger partial charge in [0.25, 0.3) is 0 Å². The van der Waals surface area contributed by atoms with Gasteiger partial charge < -0.3 is 5.11 Å². The van der Waals surface area contributed by atoms with E-state index >= 15 is 0 Å². The van der Waals surface area contributed by atoms with Gasteiger partial charge in [-0.25, -0.2) is 13.1 Å². The van der Waals surface area contributed by atoms with Crippen molar-refractivity contribution >= 4 is 26.0 Å². The van der Waals surface area contributed by atoms with E-state index in [4.69, 9.17) is 0 Å². The van der Waals surface area contributed by atoms with Crippen molar-refractivity contribution in [1.29, 1.82) is 0 Å². The molecule has 1 aromatic carbocycles. The smallest absolute Gasteiger partial charge is 0.241 e. The fourth-order valence-corrected chi connectivity index (χ4v) is 3.16. The van der Waals surface area contributed by atoms with E-state index in [0.717, 1.165) is 0 Å². The molecule has 0 bridgehead atoms. The Hall–Kier alpha value is -0.430. The molecule has 1 aromatic rings. The van der Waals surface area contributed by atoms with Crippen molar-refractivity contribution in [1.82, 2.24) is 4.72 Å². The van der Waals surface area contributed by atoms with Gasteiger partial charge in [0, 0.05) is 11.0 Å². The number of hydrogen-bond donors (Lipinski definition) is 2. The first-order chi connectivity index (χ1) is 7.47. The first kappa shape index (κ1) is 13.6. The normalized spacial score (nSPS) is 13.7. The summed E-state index contributed by atoms with van der Waals surface area (Å²) >= 11 is 3.17. The minimum Gasteiger partial charge on any atom is -0.392 e. The molecular formula is C10H14BrNO3S. The van der Waals surface area contributed by atoms with Gasteiger partial charge in [-0.05, 0) is 34.5 Å². The van der Waals surface area contributed by atoms with Crippen LogP contribution in [0.5, 0.6) is 0 Å². The second-order valence-electron chi connectivity index (χ2n) is 3.34. The summed E-state index contributed by atoms with van der Waals surface area (Å²) in [7, 11) is -3.55. The second kappa shape index (κ2) is 5.77. The summed E-state index contributed by atoms with van der Waals surface area (Å²) in [5, 5.41) is 9.30. The van der Waals surface area contributed by atoms with Crippen LogP contribution >= 0.6 is 15.9 Å². The van der Waals surface area contributed by atoms with E-state index < -0.39 is 16.1 Å². The molecule has 0 saturated carbocycles. The van der Waals surface area contributed by atoms with Gasteiger partial charge in [0.1, 0.15) is 0 Å². The van der Waals surface area contributed by atoms with Gasteiger partial charge >= 0.3 is 0 Å². The van der Waals surface area contributed by atoms with Crippen molar-refractivity contribution in [2.24, 2.45) is 0 Å². The third-order valence-corrected chi connectivity index (χ3v) is 4.54. The van der Waals surface area contributed by atoms with Crippen molar-refractivity contribution < 1.29 is 13.5 Å². The molecule has 90 valence electrons. The first-order valence-corrected chi connectivity index (χ1v) is 7.17. The topological polar surface area (TPSA) is 66.4 Å². The lowest BCUT2D eigenvalue weighted by atomic mass is 10.3. The highest BCUT2D eigenvalue weighted by Crippen LogP contribution is 2.20. The molecular weight excluding hydrogens is 294 g/mol. The Bertz CT molecular complexity index is 447. The maximum atomic E-state index is 11.8. The average molecular weight is 308 g/mol. The summed E-state index contributed by atoms with van der Waals surface area (Å²) in [6, 6.07) is 6.55. The van der Waals surface area contributed by atoms with Gasteiger partial charge in [-0.1, -0.05) is 19.1 Å². The summed E-state index contributed by atoms with van der Waals surface area (Å²) in [5.74, 6) is 0. The number of hydrogen-bond acceptors (Lipinski definition) is 3. The van der Waals surface area contributed by atoms with Crippen LogP contribution in [0.1, 0.15) is 13.3 Å². The molecule has 0 fully saturated rings. The lowest BCUT2D eigenvalue weighted by Gasteiger charge is -2.11. The number of aliphatic hydroxyl groups is 1.